The molecule has 0 spiro atoms. The predicted octanol–water partition coefficient (Wildman–Crippen LogP) is 7.06. The molecule has 0 bridgehead atoms. The Balaban J connectivity index is 1.29. The number of benzene rings is 4. The number of fused-ring (bicyclic) bond motifs is 2. The molecule has 5 nitrogen and oxygen atoms in total. The van der Waals surface area contributed by atoms with Crippen molar-refractivity contribution in [3.05, 3.63) is 118 Å². The summed E-state index contributed by atoms with van der Waals surface area (Å²) in [5, 5.41) is 7.65. The van der Waals surface area contributed by atoms with Crippen LogP contribution in [-0.2, 0) is 6.61 Å². The smallest absolute Gasteiger partial charge is 0.282 e. The first kappa shape index (κ1) is 23.2. The average Bonchev–Trinajstić information content (AvgIpc) is 2.96. The van der Waals surface area contributed by atoms with Crippen LogP contribution < -0.4 is 10.3 Å². The van der Waals surface area contributed by atoms with E-state index in [2.05, 4.69) is 35.4 Å². The number of para-hydroxylation sites is 1. The molecule has 0 unspecified atom stereocenters. The van der Waals surface area contributed by atoms with Crippen LogP contribution in [0.25, 0.3) is 21.7 Å². The molecule has 1 aliphatic rings. The van der Waals surface area contributed by atoms with E-state index in [4.69, 9.17) is 9.72 Å². The fourth-order valence-corrected chi connectivity index (χ4v) is 5.27. The maximum atomic E-state index is 13.4. The summed E-state index contributed by atoms with van der Waals surface area (Å²) in [4.78, 5) is 18.3. The summed E-state index contributed by atoms with van der Waals surface area (Å²) in [6, 6.07) is 29.9. The lowest BCUT2D eigenvalue weighted by Gasteiger charge is -2.22. The van der Waals surface area contributed by atoms with Gasteiger partial charge >= 0.3 is 0 Å². The maximum absolute atomic E-state index is 13.4. The van der Waals surface area contributed by atoms with Gasteiger partial charge in [-0.05, 0) is 59.0 Å². The third kappa shape index (κ3) is 4.90. The number of nitrogens with zero attached hydrogens (tertiary/aromatic N) is 3. The van der Waals surface area contributed by atoms with Gasteiger partial charge in [-0.15, -0.1) is 0 Å². The first-order valence-corrected chi connectivity index (χ1v) is 13.0. The number of aromatic nitrogens is 2. The minimum Gasteiger partial charge on any atom is -0.489 e. The summed E-state index contributed by atoms with van der Waals surface area (Å²) in [5.41, 5.74) is 2.63. The molecule has 0 aliphatic heterocycles. The minimum atomic E-state index is -0.120. The monoisotopic (exact) mass is 487 g/mol. The molecule has 1 saturated carbocycles. The summed E-state index contributed by atoms with van der Waals surface area (Å²) in [7, 11) is 0. The molecule has 0 radical (unpaired) electrons. The second kappa shape index (κ2) is 10.4. The highest BCUT2D eigenvalue weighted by Crippen LogP contribution is 2.31. The molecule has 1 aliphatic carbocycles. The van der Waals surface area contributed by atoms with E-state index in [0.29, 0.717) is 12.0 Å². The van der Waals surface area contributed by atoms with E-state index in [1.165, 1.54) is 21.9 Å². The summed E-state index contributed by atoms with van der Waals surface area (Å²) in [6.45, 7) is 0.474. The van der Waals surface area contributed by atoms with Crippen LogP contribution in [0.15, 0.2) is 101 Å². The van der Waals surface area contributed by atoms with E-state index in [9.17, 15) is 4.79 Å². The molecule has 0 atom stereocenters. The zero-order chi connectivity index (χ0) is 25.0. The van der Waals surface area contributed by atoms with Crippen molar-refractivity contribution in [1.29, 1.82) is 0 Å². The summed E-state index contributed by atoms with van der Waals surface area (Å²) in [5.74, 6) is 1.77. The second-order valence-electron chi connectivity index (χ2n) is 9.68. The Morgan fingerprint density at radius 3 is 2.51 bits per heavy atom. The Bertz CT molecular complexity index is 1640. The molecule has 5 heteroatoms. The van der Waals surface area contributed by atoms with Crippen LogP contribution in [-0.4, -0.2) is 15.9 Å². The molecular formula is C32H29N3O2. The van der Waals surface area contributed by atoms with Crippen LogP contribution in [0.3, 0.4) is 0 Å². The normalized spacial score (nSPS) is 14.5. The molecule has 184 valence electrons. The Labute approximate surface area is 216 Å². The van der Waals surface area contributed by atoms with Crippen molar-refractivity contribution in [2.75, 3.05) is 0 Å². The van der Waals surface area contributed by atoms with Crippen molar-refractivity contribution >= 4 is 27.9 Å². The quantitative estimate of drug-likeness (QED) is 0.241. The van der Waals surface area contributed by atoms with Gasteiger partial charge < -0.3 is 4.74 Å². The molecule has 6 rings (SSSR count). The van der Waals surface area contributed by atoms with Crippen molar-refractivity contribution in [2.24, 2.45) is 5.10 Å². The van der Waals surface area contributed by atoms with E-state index >= 15 is 0 Å². The summed E-state index contributed by atoms with van der Waals surface area (Å²) < 4.78 is 7.67. The van der Waals surface area contributed by atoms with Gasteiger partial charge in [0.05, 0.1) is 17.1 Å². The standard InChI is InChI=1S/C32H29N3O2/c36-32-29-18-6-7-19-30(29)34-31(25-12-2-1-3-13-25)35(32)33-21-23-10-8-16-27(20-23)37-22-26-15-9-14-24-11-4-5-17-28(24)26/h4-11,14-21,25H,1-3,12-13,22H2. The Morgan fingerprint density at radius 2 is 1.62 bits per heavy atom. The van der Waals surface area contributed by atoms with Crippen molar-refractivity contribution in [3.8, 4) is 5.75 Å². The number of hydrogen-bond acceptors (Lipinski definition) is 4. The van der Waals surface area contributed by atoms with Gasteiger partial charge in [-0.3, -0.25) is 4.79 Å². The minimum absolute atomic E-state index is 0.120. The average molecular weight is 488 g/mol. The van der Waals surface area contributed by atoms with Gasteiger partial charge in [-0.2, -0.15) is 9.78 Å². The van der Waals surface area contributed by atoms with Gasteiger partial charge in [0, 0.05) is 5.92 Å². The van der Waals surface area contributed by atoms with Gasteiger partial charge in [0.25, 0.3) is 5.56 Å². The molecular weight excluding hydrogens is 458 g/mol. The first-order valence-electron chi connectivity index (χ1n) is 13.0. The second-order valence-corrected chi connectivity index (χ2v) is 9.68. The third-order valence-corrected chi connectivity index (χ3v) is 7.20. The van der Waals surface area contributed by atoms with Crippen LogP contribution in [0, 0.1) is 0 Å². The topological polar surface area (TPSA) is 56.5 Å². The molecule has 1 aromatic heterocycles. The van der Waals surface area contributed by atoms with Gasteiger partial charge in [0.2, 0.25) is 0 Å². The lowest BCUT2D eigenvalue weighted by Crippen LogP contribution is -2.25. The molecule has 5 aromatic rings. The number of hydrogen-bond donors (Lipinski definition) is 0. The van der Waals surface area contributed by atoms with Gasteiger partial charge in [0.15, 0.2) is 0 Å². The van der Waals surface area contributed by atoms with Crippen molar-refractivity contribution in [3.63, 3.8) is 0 Å². The lowest BCUT2D eigenvalue weighted by atomic mass is 9.88. The molecule has 0 amide bonds. The van der Waals surface area contributed by atoms with E-state index in [1.807, 2.05) is 60.7 Å². The predicted molar refractivity (Wildman–Crippen MR) is 150 cm³/mol. The highest BCUT2D eigenvalue weighted by Gasteiger charge is 2.22. The number of ether oxygens (including phenoxy) is 1. The van der Waals surface area contributed by atoms with Crippen LogP contribution in [0.4, 0.5) is 0 Å². The third-order valence-electron chi connectivity index (χ3n) is 7.20. The van der Waals surface area contributed by atoms with Gasteiger partial charge in [-0.25, -0.2) is 4.98 Å². The molecule has 37 heavy (non-hydrogen) atoms. The maximum Gasteiger partial charge on any atom is 0.282 e. The fraction of sp³-hybridized carbons (Fsp3) is 0.219. The summed E-state index contributed by atoms with van der Waals surface area (Å²) >= 11 is 0. The first-order chi connectivity index (χ1) is 18.3. The van der Waals surface area contributed by atoms with Gasteiger partial charge in [0.1, 0.15) is 18.2 Å². The fourth-order valence-electron chi connectivity index (χ4n) is 5.27. The largest absolute Gasteiger partial charge is 0.489 e. The Hall–Kier alpha value is -4.25. The van der Waals surface area contributed by atoms with Crippen LogP contribution >= 0.6 is 0 Å². The lowest BCUT2D eigenvalue weighted by molar-refractivity contribution is 0.307. The Kier molecular flexibility index (Phi) is 6.51. The highest BCUT2D eigenvalue weighted by atomic mass is 16.5. The highest BCUT2D eigenvalue weighted by molar-refractivity contribution is 5.85. The van der Waals surface area contributed by atoms with Crippen molar-refractivity contribution in [2.45, 2.75) is 44.6 Å². The van der Waals surface area contributed by atoms with E-state index in [0.717, 1.165) is 53.9 Å². The molecule has 0 saturated heterocycles. The molecule has 4 aromatic carbocycles. The van der Waals surface area contributed by atoms with Crippen LogP contribution in [0.2, 0.25) is 0 Å². The van der Waals surface area contributed by atoms with Crippen LogP contribution in [0.1, 0.15) is 55.0 Å². The van der Waals surface area contributed by atoms with E-state index in [-0.39, 0.29) is 11.5 Å². The zero-order valence-electron chi connectivity index (χ0n) is 20.7. The van der Waals surface area contributed by atoms with Crippen molar-refractivity contribution in [1.82, 2.24) is 9.66 Å². The Morgan fingerprint density at radius 1 is 0.865 bits per heavy atom. The van der Waals surface area contributed by atoms with Crippen LogP contribution in [0.5, 0.6) is 5.75 Å². The molecule has 0 N–H and O–H groups in total. The zero-order valence-corrected chi connectivity index (χ0v) is 20.7. The molecule has 1 heterocycles. The summed E-state index contributed by atoms with van der Waals surface area (Å²) in [6.07, 6.45) is 7.37. The SMILES string of the molecule is O=c1c2ccccc2nc(C2CCCCC2)n1N=Cc1cccc(OCc2cccc3ccccc23)c1. The number of rotatable bonds is 6. The van der Waals surface area contributed by atoms with E-state index < -0.39 is 0 Å². The van der Waals surface area contributed by atoms with Crippen molar-refractivity contribution < 1.29 is 4.74 Å². The van der Waals surface area contributed by atoms with E-state index in [1.54, 1.807) is 6.21 Å². The van der Waals surface area contributed by atoms with Gasteiger partial charge in [-0.1, -0.05) is 86.0 Å². The molecule has 1 fully saturated rings.